The Kier molecular flexibility index (Phi) is 6.54. The van der Waals surface area contributed by atoms with Gasteiger partial charge in [-0.25, -0.2) is 0 Å². The minimum absolute atomic E-state index is 0.751. The molecule has 0 saturated heterocycles. The van der Waals surface area contributed by atoms with Crippen LogP contribution >= 0.6 is 0 Å². The lowest BCUT2D eigenvalue weighted by Crippen LogP contribution is -2.26. The molecule has 1 aromatic carbocycles. The summed E-state index contributed by atoms with van der Waals surface area (Å²) in [6.07, 6.45) is 0. The van der Waals surface area contributed by atoms with Crippen molar-refractivity contribution in [1.29, 1.82) is 0 Å². The third kappa shape index (κ3) is 4.20. The fourth-order valence-corrected chi connectivity index (χ4v) is 1.81. The van der Waals surface area contributed by atoms with Gasteiger partial charge in [0.1, 0.15) is 0 Å². The zero-order valence-electron chi connectivity index (χ0n) is 11.7. The fraction of sp³-hybridized carbons (Fsp3) is 0.571. The van der Waals surface area contributed by atoms with Crippen molar-refractivity contribution in [3.63, 3.8) is 0 Å². The largest absolute Gasteiger partial charge is 0.493 e. The van der Waals surface area contributed by atoms with Gasteiger partial charge < -0.3 is 14.2 Å². The number of benzene rings is 1. The summed E-state index contributed by atoms with van der Waals surface area (Å²) in [5.74, 6) is 1.54. The Balaban J connectivity index is 2.71. The maximum Gasteiger partial charge on any atom is 0.161 e. The van der Waals surface area contributed by atoms with Crippen LogP contribution in [0.3, 0.4) is 0 Å². The van der Waals surface area contributed by atoms with E-state index in [9.17, 15) is 0 Å². The molecule has 0 atom stereocenters. The highest BCUT2D eigenvalue weighted by molar-refractivity contribution is 5.42. The van der Waals surface area contributed by atoms with Crippen LogP contribution in [0.15, 0.2) is 18.2 Å². The molecular weight excluding hydrogens is 230 g/mol. The zero-order valence-corrected chi connectivity index (χ0v) is 11.7. The Hall–Kier alpha value is -1.26. The second-order valence-electron chi connectivity index (χ2n) is 4.05. The van der Waals surface area contributed by atoms with Crippen LogP contribution in [-0.2, 0) is 11.3 Å². The molecule has 0 aliphatic carbocycles. The fourth-order valence-electron chi connectivity index (χ4n) is 1.81. The maximum absolute atomic E-state index is 5.31. The maximum atomic E-state index is 5.31. The Morgan fingerprint density at radius 2 is 1.78 bits per heavy atom. The van der Waals surface area contributed by atoms with E-state index in [1.807, 2.05) is 12.1 Å². The predicted octanol–water partition coefficient (Wildman–Crippen LogP) is 2.17. The number of ether oxygens (including phenoxy) is 3. The lowest BCUT2D eigenvalue weighted by atomic mass is 10.2. The van der Waals surface area contributed by atoms with E-state index < -0.39 is 0 Å². The summed E-state index contributed by atoms with van der Waals surface area (Å²) in [6, 6.07) is 6.03. The lowest BCUT2D eigenvalue weighted by Gasteiger charge is -2.20. The predicted molar refractivity (Wildman–Crippen MR) is 72.4 cm³/mol. The molecule has 18 heavy (non-hydrogen) atoms. The van der Waals surface area contributed by atoms with Crippen LogP contribution in [-0.4, -0.2) is 45.9 Å². The van der Waals surface area contributed by atoms with Crippen molar-refractivity contribution < 1.29 is 14.2 Å². The molecule has 0 saturated carbocycles. The van der Waals surface area contributed by atoms with Crippen molar-refractivity contribution in [1.82, 2.24) is 4.90 Å². The summed E-state index contributed by atoms with van der Waals surface area (Å²) in [5, 5.41) is 0. The molecule has 4 heteroatoms. The van der Waals surface area contributed by atoms with Gasteiger partial charge >= 0.3 is 0 Å². The quantitative estimate of drug-likeness (QED) is 0.710. The number of hydrogen-bond donors (Lipinski definition) is 0. The molecule has 0 bridgehead atoms. The normalized spacial score (nSPS) is 10.7. The number of nitrogens with zero attached hydrogens (tertiary/aromatic N) is 1. The Morgan fingerprint density at radius 1 is 1.06 bits per heavy atom. The molecule has 0 aliphatic rings. The summed E-state index contributed by atoms with van der Waals surface area (Å²) in [6.45, 7) is 5.72. The van der Waals surface area contributed by atoms with Gasteiger partial charge in [0.05, 0.1) is 20.8 Å². The number of rotatable bonds is 8. The van der Waals surface area contributed by atoms with E-state index in [-0.39, 0.29) is 0 Å². The van der Waals surface area contributed by atoms with E-state index in [2.05, 4.69) is 17.9 Å². The van der Waals surface area contributed by atoms with Gasteiger partial charge in [0.2, 0.25) is 0 Å². The molecule has 0 N–H and O–H groups in total. The monoisotopic (exact) mass is 253 g/mol. The average Bonchev–Trinajstić information content (AvgIpc) is 2.43. The Bertz CT molecular complexity index is 355. The summed E-state index contributed by atoms with van der Waals surface area (Å²) in [7, 11) is 5.03. The van der Waals surface area contributed by atoms with Crippen molar-refractivity contribution in [2.45, 2.75) is 13.5 Å². The highest BCUT2D eigenvalue weighted by atomic mass is 16.5. The molecule has 0 amide bonds. The number of methoxy groups -OCH3 is 3. The van der Waals surface area contributed by atoms with E-state index in [1.54, 1.807) is 21.3 Å². The SMILES string of the molecule is CCN(CCOC)Cc1ccc(OC)c(OC)c1. The van der Waals surface area contributed by atoms with Gasteiger partial charge in [-0.05, 0) is 24.2 Å². The van der Waals surface area contributed by atoms with Gasteiger partial charge in [-0.2, -0.15) is 0 Å². The molecule has 0 unspecified atom stereocenters. The molecule has 1 rings (SSSR count). The molecule has 0 aliphatic heterocycles. The highest BCUT2D eigenvalue weighted by Gasteiger charge is 2.07. The van der Waals surface area contributed by atoms with Crippen LogP contribution in [0.4, 0.5) is 0 Å². The molecule has 1 aromatic rings. The average molecular weight is 253 g/mol. The molecule has 0 aromatic heterocycles. The van der Waals surface area contributed by atoms with Crippen LogP contribution in [0.1, 0.15) is 12.5 Å². The Morgan fingerprint density at radius 3 is 2.33 bits per heavy atom. The second-order valence-corrected chi connectivity index (χ2v) is 4.05. The van der Waals surface area contributed by atoms with E-state index in [1.165, 1.54) is 5.56 Å². The van der Waals surface area contributed by atoms with E-state index in [4.69, 9.17) is 14.2 Å². The molecule has 4 nitrogen and oxygen atoms in total. The second kappa shape index (κ2) is 7.95. The smallest absolute Gasteiger partial charge is 0.161 e. The van der Waals surface area contributed by atoms with E-state index in [0.717, 1.165) is 37.7 Å². The van der Waals surface area contributed by atoms with Gasteiger partial charge in [-0.1, -0.05) is 13.0 Å². The third-order valence-electron chi connectivity index (χ3n) is 2.91. The highest BCUT2D eigenvalue weighted by Crippen LogP contribution is 2.27. The zero-order chi connectivity index (χ0) is 13.4. The molecule has 0 radical (unpaired) electrons. The van der Waals surface area contributed by atoms with Gasteiger partial charge in [0.25, 0.3) is 0 Å². The third-order valence-corrected chi connectivity index (χ3v) is 2.91. The summed E-state index contributed by atoms with van der Waals surface area (Å²) >= 11 is 0. The van der Waals surface area contributed by atoms with Crippen LogP contribution in [0.25, 0.3) is 0 Å². The van der Waals surface area contributed by atoms with Crippen LogP contribution in [0.5, 0.6) is 11.5 Å². The minimum Gasteiger partial charge on any atom is -0.493 e. The molecule has 0 heterocycles. The summed E-state index contributed by atoms with van der Waals surface area (Å²) < 4.78 is 15.6. The molecule has 102 valence electrons. The van der Waals surface area contributed by atoms with Gasteiger partial charge in [0, 0.05) is 20.2 Å². The lowest BCUT2D eigenvalue weighted by molar-refractivity contribution is 0.147. The van der Waals surface area contributed by atoms with Crippen molar-refractivity contribution in [2.24, 2.45) is 0 Å². The molecular formula is C14H23NO3. The van der Waals surface area contributed by atoms with Crippen molar-refractivity contribution in [2.75, 3.05) is 41.0 Å². The first kappa shape index (κ1) is 14.8. The van der Waals surface area contributed by atoms with Gasteiger partial charge in [-0.3, -0.25) is 4.90 Å². The van der Waals surface area contributed by atoms with E-state index in [0.29, 0.717) is 0 Å². The van der Waals surface area contributed by atoms with Crippen molar-refractivity contribution in [3.05, 3.63) is 23.8 Å². The van der Waals surface area contributed by atoms with Gasteiger partial charge in [0.15, 0.2) is 11.5 Å². The molecule has 0 spiro atoms. The van der Waals surface area contributed by atoms with Gasteiger partial charge in [-0.15, -0.1) is 0 Å². The first-order valence-corrected chi connectivity index (χ1v) is 6.17. The summed E-state index contributed by atoms with van der Waals surface area (Å²) in [4.78, 5) is 2.32. The van der Waals surface area contributed by atoms with Crippen LogP contribution in [0.2, 0.25) is 0 Å². The first-order valence-electron chi connectivity index (χ1n) is 6.17. The minimum atomic E-state index is 0.751. The standard InChI is InChI=1S/C14H23NO3/c1-5-15(8-9-16-2)11-12-6-7-13(17-3)14(10-12)18-4/h6-7,10H,5,8-9,11H2,1-4H3. The molecule has 0 fully saturated rings. The summed E-state index contributed by atoms with van der Waals surface area (Å²) in [5.41, 5.74) is 1.21. The topological polar surface area (TPSA) is 30.9 Å². The van der Waals surface area contributed by atoms with Crippen LogP contribution < -0.4 is 9.47 Å². The van der Waals surface area contributed by atoms with Crippen molar-refractivity contribution in [3.8, 4) is 11.5 Å². The number of hydrogen-bond acceptors (Lipinski definition) is 4. The van der Waals surface area contributed by atoms with E-state index >= 15 is 0 Å². The Labute approximate surface area is 109 Å². The first-order chi connectivity index (χ1) is 8.74. The number of likely N-dealkylation sites (N-methyl/N-ethyl adjacent to an activating group) is 1. The van der Waals surface area contributed by atoms with Crippen molar-refractivity contribution >= 4 is 0 Å². The van der Waals surface area contributed by atoms with Crippen LogP contribution in [0, 0.1) is 0 Å².